The first-order chi connectivity index (χ1) is 27.4. The molecule has 0 atom stereocenters. The van der Waals surface area contributed by atoms with Crippen molar-refractivity contribution in [3.05, 3.63) is 177 Å². The zero-order valence-electron chi connectivity index (χ0n) is 32.4. The minimum absolute atomic E-state index is 0.000346. The van der Waals surface area contributed by atoms with E-state index in [1.54, 1.807) is 0 Å². The lowest BCUT2D eigenvalue weighted by Crippen LogP contribution is -2.07. The van der Waals surface area contributed by atoms with E-state index in [4.69, 9.17) is 0 Å². The van der Waals surface area contributed by atoms with Crippen LogP contribution in [0.15, 0.2) is 132 Å². The van der Waals surface area contributed by atoms with E-state index in [0.717, 1.165) is 91.8 Å². The predicted octanol–water partition coefficient (Wildman–Crippen LogP) is 12.1. The summed E-state index contributed by atoms with van der Waals surface area (Å²) in [6.07, 6.45) is -2.96. The lowest BCUT2D eigenvalue weighted by Gasteiger charge is -2.15. The summed E-state index contributed by atoms with van der Waals surface area (Å²) in [5.41, 5.74) is 10.4. The van der Waals surface area contributed by atoms with Gasteiger partial charge in [-0.2, -0.15) is 13.2 Å². The van der Waals surface area contributed by atoms with Gasteiger partial charge in [-0.3, -0.25) is 4.79 Å². The van der Waals surface area contributed by atoms with Gasteiger partial charge in [0.05, 0.1) is 5.56 Å². The maximum absolute atomic E-state index is 13.7. The molecule has 0 aromatic heterocycles. The van der Waals surface area contributed by atoms with Gasteiger partial charge >= 0.3 is 6.18 Å². The Morgan fingerprint density at radius 1 is 0.579 bits per heavy atom. The van der Waals surface area contributed by atoms with E-state index in [2.05, 4.69) is 61.5 Å². The van der Waals surface area contributed by atoms with E-state index in [1.807, 2.05) is 110 Å². The van der Waals surface area contributed by atoms with E-state index in [9.17, 15) is 18.0 Å². The summed E-state index contributed by atoms with van der Waals surface area (Å²) in [5, 5.41) is -0.000346. The molecule has 0 fully saturated rings. The van der Waals surface area contributed by atoms with Crippen molar-refractivity contribution in [1.29, 1.82) is 0 Å². The first kappa shape index (κ1) is 40.3. The molecule has 0 aliphatic rings. The molecule has 2 nitrogen and oxygen atoms in total. The second-order valence-corrected chi connectivity index (χ2v) is 14.8. The van der Waals surface area contributed by atoms with Crippen LogP contribution in [-0.4, -0.2) is 19.2 Å². The molecule has 0 unspecified atom stereocenters. The molecule has 0 amide bonds. The maximum Gasteiger partial charge on any atom is 0.416 e. The molecule has 6 rings (SSSR count). The molecule has 0 N–H and O–H groups in total. The van der Waals surface area contributed by atoms with Crippen molar-refractivity contribution in [3.63, 3.8) is 0 Å². The molecular weight excluding hydrogens is 732 g/mol. The van der Waals surface area contributed by atoms with Crippen molar-refractivity contribution in [2.75, 3.05) is 19.0 Å². The van der Waals surface area contributed by atoms with Crippen LogP contribution in [0, 0.1) is 35.5 Å². The Balaban J connectivity index is 1.53. The fraction of sp³-hybridized carbons (Fsp3) is 0.157. The van der Waals surface area contributed by atoms with Crippen LogP contribution in [0.4, 0.5) is 18.9 Å². The van der Waals surface area contributed by atoms with Crippen LogP contribution in [0.5, 0.6) is 0 Å². The topological polar surface area (TPSA) is 20.3 Å². The number of aryl methyl sites for hydroxylation is 2. The van der Waals surface area contributed by atoms with Crippen molar-refractivity contribution in [1.82, 2.24) is 0 Å². The molecule has 0 saturated carbocycles. The lowest BCUT2D eigenvalue weighted by atomic mass is 9.90. The Morgan fingerprint density at radius 2 is 1.04 bits per heavy atom. The summed E-state index contributed by atoms with van der Waals surface area (Å²) >= 11 is 1.16. The number of anilines is 1. The number of halogens is 3. The van der Waals surface area contributed by atoms with Gasteiger partial charge in [-0.25, -0.2) is 0 Å². The van der Waals surface area contributed by atoms with Gasteiger partial charge in [-0.15, -0.1) is 0 Å². The van der Waals surface area contributed by atoms with Gasteiger partial charge in [0, 0.05) is 65.0 Å². The minimum Gasteiger partial charge on any atom is -0.378 e. The number of carbonyl (C=O) groups is 1. The van der Waals surface area contributed by atoms with Crippen molar-refractivity contribution >= 4 is 22.6 Å². The number of thioether (sulfide) groups is 1. The highest BCUT2D eigenvalue weighted by Gasteiger charge is 2.30. The highest BCUT2D eigenvalue weighted by Crippen LogP contribution is 2.36. The Kier molecular flexibility index (Phi) is 12.7. The zero-order valence-corrected chi connectivity index (χ0v) is 33.3. The van der Waals surface area contributed by atoms with Crippen molar-refractivity contribution in [2.24, 2.45) is 0 Å². The van der Waals surface area contributed by atoms with E-state index in [0.29, 0.717) is 22.3 Å². The zero-order chi connectivity index (χ0) is 40.5. The quantitative estimate of drug-likeness (QED) is 0.124. The predicted molar refractivity (Wildman–Crippen MR) is 229 cm³/mol. The molecule has 282 valence electrons. The average molecular weight is 772 g/mol. The molecule has 0 aliphatic heterocycles. The van der Waals surface area contributed by atoms with Crippen LogP contribution in [0.2, 0.25) is 0 Å². The Hall–Kier alpha value is -6.39. The molecule has 0 aliphatic carbocycles. The highest BCUT2D eigenvalue weighted by atomic mass is 32.2. The number of nitrogens with zero attached hydrogens (tertiary/aromatic N) is 1. The van der Waals surface area contributed by atoms with Crippen molar-refractivity contribution < 1.29 is 18.0 Å². The van der Waals surface area contributed by atoms with E-state index >= 15 is 0 Å². The second kappa shape index (κ2) is 18.0. The van der Waals surface area contributed by atoms with E-state index < -0.39 is 11.7 Å². The third-order valence-corrected chi connectivity index (χ3v) is 10.2. The van der Waals surface area contributed by atoms with E-state index in [-0.39, 0.29) is 5.12 Å². The fourth-order valence-electron chi connectivity index (χ4n) is 6.28. The first-order valence-electron chi connectivity index (χ1n) is 18.6. The molecule has 0 bridgehead atoms. The Morgan fingerprint density at radius 3 is 1.51 bits per heavy atom. The van der Waals surface area contributed by atoms with Crippen LogP contribution in [0.25, 0.3) is 22.3 Å². The summed E-state index contributed by atoms with van der Waals surface area (Å²) in [7, 11) is 3.96. The van der Waals surface area contributed by atoms with Crippen molar-refractivity contribution in [3.8, 4) is 57.8 Å². The number of hydrogen-bond donors (Lipinski definition) is 0. The van der Waals surface area contributed by atoms with Crippen LogP contribution in [-0.2, 0) is 23.8 Å². The fourth-order valence-corrected chi connectivity index (χ4v) is 6.88. The normalized spacial score (nSPS) is 10.7. The van der Waals surface area contributed by atoms with Crippen LogP contribution >= 0.6 is 11.8 Å². The SMILES string of the molecule is CCc1cc(C#Cc2cc(-c3ccc(N(C)C)cc3)c(C#Cc3ccc(SC(C)=O)cc3)cc2-c2ccc(C(F)(F)F)cc2)c(CC)cc1C#Cc1ccccc1. The molecule has 6 aromatic carbocycles. The maximum atomic E-state index is 13.7. The summed E-state index contributed by atoms with van der Waals surface area (Å²) < 4.78 is 41.0. The summed E-state index contributed by atoms with van der Waals surface area (Å²) in [4.78, 5) is 14.5. The van der Waals surface area contributed by atoms with Gasteiger partial charge in [0.2, 0.25) is 0 Å². The molecule has 6 aromatic rings. The van der Waals surface area contributed by atoms with Crippen LogP contribution in [0.1, 0.15) is 70.8 Å². The van der Waals surface area contributed by atoms with Gasteiger partial charge in [0.1, 0.15) is 0 Å². The largest absolute Gasteiger partial charge is 0.416 e. The summed E-state index contributed by atoms with van der Waals surface area (Å²) in [6, 6.07) is 38.8. The minimum atomic E-state index is -4.47. The number of carbonyl (C=O) groups excluding carboxylic acids is 1. The summed E-state index contributed by atoms with van der Waals surface area (Å²) in [5.74, 6) is 20.2. The Bertz CT molecular complexity index is 2590. The molecular formula is C51H40F3NOS. The third-order valence-electron chi connectivity index (χ3n) is 9.37. The van der Waals surface area contributed by atoms with Gasteiger partial charge in [-0.05, 0) is 131 Å². The van der Waals surface area contributed by atoms with Crippen LogP contribution in [0.3, 0.4) is 0 Å². The second-order valence-electron chi connectivity index (χ2n) is 13.6. The van der Waals surface area contributed by atoms with Gasteiger partial charge in [-0.1, -0.05) is 104 Å². The summed E-state index contributed by atoms with van der Waals surface area (Å²) in [6.45, 7) is 5.71. The monoisotopic (exact) mass is 771 g/mol. The number of rotatable bonds is 6. The molecule has 6 heteroatoms. The van der Waals surface area contributed by atoms with Crippen LogP contribution < -0.4 is 4.90 Å². The van der Waals surface area contributed by atoms with Gasteiger partial charge in [0.25, 0.3) is 0 Å². The third kappa shape index (κ3) is 10.3. The Labute approximate surface area is 338 Å². The van der Waals surface area contributed by atoms with Crippen molar-refractivity contribution in [2.45, 2.75) is 44.7 Å². The lowest BCUT2D eigenvalue weighted by molar-refractivity contribution is -0.137. The number of hydrogen-bond acceptors (Lipinski definition) is 3. The molecule has 0 spiro atoms. The molecule has 57 heavy (non-hydrogen) atoms. The number of benzene rings is 6. The standard InChI is InChI=1S/C51H40F3NOS/c1-6-38-32-43(39(7-2)31-42(38)17-13-36-11-9-8-10-12-36)19-20-45-34-50(41-23-27-47(28-24-41)55(4)5)44(18-14-37-15-29-48(30-16-37)57-35(3)56)33-49(45)40-21-25-46(26-22-40)51(52,53)54/h8-12,15-16,21-34H,6-7H2,1-5H3. The molecule has 0 saturated heterocycles. The molecule has 0 heterocycles. The highest BCUT2D eigenvalue weighted by molar-refractivity contribution is 8.13. The first-order valence-corrected chi connectivity index (χ1v) is 19.4. The van der Waals surface area contributed by atoms with Gasteiger partial charge in [0.15, 0.2) is 5.12 Å². The average Bonchev–Trinajstić information content (AvgIpc) is 3.21. The number of alkyl halides is 3. The van der Waals surface area contributed by atoms with E-state index in [1.165, 1.54) is 19.1 Å². The van der Waals surface area contributed by atoms with Gasteiger partial charge < -0.3 is 4.90 Å². The smallest absolute Gasteiger partial charge is 0.378 e. The molecule has 0 radical (unpaired) electrons.